The van der Waals surface area contributed by atoms with E-state index in [0.717, 1.165) is 32.4 Å². The molecule has 0 saturated carbocycles. The number of nitrogens with two attached hydrogens (primary N) is 1. The maximum Gasteiger partial charge on any atom is 0.240 e. The fourth-order valence-corrected chi connectivity index (χ4v) is 4.71. The Balaban J connectivity index is 1.54. The fourth-order valence-electron chi connectivity index (χ4n) is 3.60. The lowest BCUT2D eigenvalue weighted by Gasteiger charge is -2.11. The third kappa shape index (κ3) is 4.37. The first-order valence-corrected chi connectivity index (χ1v) is 11.4. The zero-order chi connectivity index (χ0) is 23.1. The molecule has 5 aromatic rings. The Labute approximate surface area is 199 Å². The van der Waals surface area contributed by atoms with E-state index in [1.807, 2.05) is 36.0 Å². The zero-order valence-electron chi connectivity index (χ0n) is 18.2. The van der Waals surface area contributed by atoms with Gasteiger partial charge < -0.3 is 15.6 Å². The molecule has 2 aromatic carbocycles. The molecule has 166 valence electrons. The Kier molecular flexibility index (Phi) is 5.43. The summed E-state index contributed by atoms with van der Waals surface area (Å²) in [5.74, 6) is 0.738. The first kappa shape index (κ1) is 21.3. The van der Waals surface area contributed by atoms with Crippen LogP contribution in [0.1, 0.15) is 11.1 Å². The molecule has 3 aromatic heterocycles. The molecule has 10 heteroatoms. The third-order valence-electron chi connectivity index (χ3n) is 5.03. The van der Waals surface area contributed by atoms with Gasteiger partial charge in [-0.3, -0.25) is 0 Å². The van der Waals surface area contributed by atoms with Crippen molar-refractivity contribution in [3.8, 4) is 11.3 Å². The van der Waals surface area contributed by atoms with E-state index in [4.69, 9.17) is 22.3 Å². The van der Waals surface area contributed by atoms with Crippen LogP contribution in [-0.4, -0.2) is 29.1 Å². The molecule has 0 amide bonds. The minimum atomic E-state index is 0.178. The molecule has 0 aliphatic rings. The van der Waals surface area contributed by atoms with Crippen LogP contribution in [0.2, 0.25) is 5.02 Å². The van der Waals surface area contributed by atoms with Gasteiger partial charge in [0.15, 0.2) is 11.0 Å². The molecule has 0 radical (unpaired) electrons. The lowest BCUT2D eigenvalue weighted by molar-refractivity contribution is 0.790. The van der Waals surface area contributed by atoms with E-state index in [2.05, 4.69) is 52.4 Å². The summed E-state index contributed by atoms with van der Waals surface area (Å²) in [6.07, 6.45) is 5.46. The molecule has 3 N–H and O–H groups in total. The Morgan fingerprint density at radius 3 is 2.55 bits per heavy atom. The Morgan fingerprint density at radius 2 is 1.85 bits per heavy atom. The normalized spacial score (nSPS) is 11.3. The molecule has 33 heavy (non-hydrogen) atoms. The zero-order valence-corrected chi connectivity index (χ0v) is 19.8. The highest BCUT2D eigenvalue weighted by molar-refractivity contribution is 7.99. The van der Waals surface area contributed by atoms with Crippen molar-refractivity contribution in [3.63, 3.8) is 0 Å². The molecule has 0 bridgehead atoms. The number of imidazole rings is 1. The molecule has 0 spiro atoms. The lowest BCUT2D eigenvalue weighted by atomic mass is 10.1. The molecular formula is C23H21ClN8S. The van der Waals surface area contributed by atoms with Gasteiger partial charge in [-0.1, -0.05) is 35.5 Å². The van der Waals surface area contributed by atoms with Gasteiger partial charge in [0.05, 0.1) is 16.9 Å². The predicted octanol–water partition coefficient (Wildman–Crippen LogP) is 5.27. The van der Waals surface area contributed by atoms with Gasteiger partial charge in [0, 0.05) is 35.6 Å². The number of nitrogens with one attached hydrogen (secondary N) is 1. The van der Waals surface area contributed by atoms with E-state index in [1.54, 1.807) is 16.9 Å². The number of anilines is 3. The molecule has 8 nitrogen and oxygen atoms in total. The molecule has 0 aliphatic heterocycles. The molecular weight excluding hydrogens is 456 g/mol. The van der Waals surface area contributed by atoms with Crippen LogP contribution >= 0.6 is 23.4 Å². The van der Waals surface area contributed by atoms with Gasteiger partial charge in [0.2, 0.25) is 11.6 Å². The molecule has 0 atom stereocenters. The van der Waals surface area contributed by atoms with Crippen LogP contribution in [-0.2, 0) is 7.05 Å². The van der Waals surface area contributed by atoms with Crippen LogP contribution in [0.4, 0.5) is 17.5 Å². The second-order valence-electron chi connectivity index (χ2n) is 7.78. The highest BCUT2D eigenvalue weighted by atomic mass is 35.5. The molecule has 5 rings (SSSR count). The van der Waals surface area contributed by atoms with Crippen LogP contribution in [0, 0.1) is 13.8 Å². The second kappa shape index (κ2) is 8.42. The lowest BCUT2D eigenvalue weighted by Crippen LogP contribution is -2.02. The molecule has 0 saturated heterocycles. The number of nitrogens with zero attached hydrogens (tertiary/aromatic N) is 6. The summed E-state index contributed by atoms with van der Waals surface area (Å²) in [5, 5.41) is 9.15. The minimum absolute atomic E-state index is 0.178. The van der Waals surface area contributed by atoms with E-state index in [-0.39, 0.29) is 5.95 Å². The number of hydrogen-bond donors (Lipinski definition) is 2. The SMILES string of the molecule is Cc1cc(C)cc(Nc2nc(-c3ccc(Sc4nccn4C)c(Cl)c3)cn3nc(N)nc23)c1. The maximum absolute atomic E-state index is 6.62. The van der Waals surface area contributed by atoms with Crippen LogP contribution < -0.4 is 11.1 Å². The average molecular weight is 477 g/mol. The van der Waals surface area contributed by atoms with Gasteiger partial charge in [0.1, 0.15) is 0 Å². The number of fused-ring (bicyclic) bond motifs is 1. The average Bonchev–Trinajstić information content (AvgIpc) is 3.33. The van der Waals surface area contributed by atoms with E-state index >= 15 is 0 Å². The number of benzene rings is 2. The highest BCUT2D eigenvalue weighted by Gasteiger charge is 2.14. The summed E-state index contributed by atoms with van der Waals surface area (Å²) < 4.78 is 3.58. The van der Waals surface area contributed by atoms with Gasteiger partial charge in [0.25, 0.3) is 0 Å². The monoisotopic (exact) mass is 476 g/mol. The number of rotatable bonds is 5. The standard InChI is InChI=1S/C23H21ClN8S/c1-13-8-14(2)10-16(9-13)27-20-21-29-22(25)30-32(21)12-18(28-20)15-4-5-19(17(24)11-15)33-23-26-6-7-31(23)3/h4-12H,1-3H3,(H2,25,30)(H,27,28). The summed E-state index contributed by atoms with van der Waals surface area (Å²) >= 11 is 8.13. The van der Waals surface area contributed by atoms with Gasteiger partial charge in [-0.05, 0) is 49.2 Å². The molecule has 0 fully saturated rings. The fraction of sp³-hybridized carbons (Fsp3) is 0.130. The first-order valence-electron chi connectivity index (χ1n) is 10.2. The van der Waals surface area contributed by atoms with Crippen LogP contribution in [0.5, 0.6) is 0 Å². The first-order chi connectivity index (χ1) is 15.9. The van der Waals surface area contributed by atoms with Gasteiger partial charge in [-0.15, -0.1) is 5.10 Å². The Hall–Kier alpha value is -3.56. The van der Waals surface area contributed by atoms with E-state index in [0.29, 0.717) is 22.2 Å². The Bertz CT molecular complexity index is 1470. The van der Waals surface area contributed by atoms with Crippen molar-refractivity contribution in [3.05, 3.63) is 71.1 Å². The number of halogens is 1. The maximum atomic E-state index is 6.62. The topological polar surface area (TPSA) is 99.0 Å². The third-order valence-corrected chi connectivity index (χ3v) is 6.60. The van der Waals surface area contributed by atoms with Gasteiger partial charge in [-0.2, -0.15) is 4.98 Å². The molecule has 0 unspecified atom stereocenters. The summed E-state index contributed by atoms with van der Waals surface area (Å²) in [6, 6.07) is 12.1. The van der Waals surface area contributed by atoms with E-state index in [9.17, 15) is 0 Å². The highest BCUT2D eigenvalue weighted by Crippen LogP contribution is 2.35. The predicted molar refractivity (Wildman–Crippen MR) is 132 cm³/mol. The summed E-state index contributed by atoms with van der Waals surface area (Å²) in [7, 11) is 1.95. The van der Waals surface area contributed by atoms with Crippen molar-refractivity contribution in [2.75, 3.05) is 11.1 Å². The van der Waals surface area contributed by atoms with E-state index in [1.165, 1.54) is 11.8 Å². The quantitative estimate of drug-likeness (QED) is 0.356. The summed E-state index contributed by atoms with van der Waals surface area (Å²) in [6.45, 7) is 4.11. The van der Waals surface area contributed by atoms with Gasteiger partial charge >= 0.3 is 0 Å². The van der Waals surface area contributed by atoms with Crippen molar-refractivity contribution in [2.45, 2.75) is 23.9 Å². The van der Waals surface area contributed by atoms with Crippen LogP contribution in [0.15, 0.2) is 65.0 Å². The molecule has 3 heterocycles. The van der Waals surface area contributed by atoms with Crippen molar-refractivity contribution < 1.29 is 0 Å². The number of aromatic nitrogens is 6. The molecule has 0 aliphatic carbocycles. The number of nitrogen functional groups attached to an aromatic ring is 1. The van der Waals surface area contributed by atoms with Crippen molar-refractivity contribution in [1.82, 2.24) is 29.1 Å². The van der Waals surface area contributed by atoms with Crippen molar-refractivity contribution >= 4 is 46.5 Å². The number of hydrogen-bond acceptors (Lipinski definition) is 7. The van der Waals surface area contributed by atoms with Crippen LogP contribution in [0.3, 0.4) is 0 Å². The van der Waals surface area contributed by atoms with Crippen LogP contribution in [0.25, 0.3) is 16.9 Å². The largest absolute Gasteiger partial charge is 0.366 e. The second-order valence-corrected chi connectivity index (χ2v) is 9.20. The van der Waals surface area contributed by atoms with Crippen molar-refractivity contribution in [1.29, 1.82) is 0 Å². The van der Waals surface area contributed by atoms with E-state index < -0.39 is 0 Å². The summed E-state index contributed by atoms with van der Waals surface area (Å²) in [4.78, 5) is 14.4. The minimum Gasteiger partial charge on any atom is -0.366 e. The van der Waals surface area contributed by atoms with Crippen molar-refractivity contribution in [2.24, 2.45) is 7.05 Å². The smallest absolute Gasteiger partial charge is 0.240 e. The summed E-state index contributed by atoms with van der Waals surface area (Å²) in [5.41, 5.74) is 11.2. The number of aryl methyl sites for hydroxylation is 3. The van der Waals surface area contributed by atoms with Gasteiger partial charge in [-0.25, -0.2) is 14.5 Å². The Morgan fingerprint density at radius 1 is 1.06 bits per heavy atom.